The molecule has 0 bridgehead atoms. The molecule has 2 nitrogen and oxygen atoms in total. The Labute approximate surface area is 111 Å². The summed E-state index contributed by atoms with van der Waals surface area (Å²) in [5, 5.41) is 3.80. The van der Waals surface area contributed by atoms with E-state index in [9.17, 15) is 0 Å². The van der Waals surface area contributed by atoms with E-state index in [2.05, 4.69) is 29.4 Å². The third-order valence-electron chi connectivity index (χ3n) is 3.34. The Bertz CT molecular complexity index is 450. The van der Waals surface area contributed by atoms with Gasteiger partial charge in [-0.2, -0.15) is 0 Å². The summed E-state index contributed by atoms with van der Waals surface area (Å²) in [4.78, 5) is 5.27. The number of rotatable bonds is 3. The molecule has 1 aliphatic carbocycles. The van der Waals surface area contributed by atoms with Crippen LogP contribution >= 0.6 is 23.2 Å². The fraction of sp³-hybridized carbons (Fsp3) is 0.462. The number of halogens is 2. The summed E-state index contributed by atoms with van der Waals surface area (Å²) in [5.74, 6) is 0.391. The van der Waals surface area contributed by atoms with Crippen molar-refractivity contribution in [3.8, 4) is 0 Å². The molecule has 1 fully saturated rings. The Kier molecular flexibility index (Phi) is 2.80. The summed E-state index contributed by atoms with van der Waals surface area (Å²) in [6, 6.07) is 8.41. The predicted octanol–water partition coefficient (Wildman–Crippen LogP) is 3.87. The minimum absolute atomic E-state index is 0.0749. The standard InChI is InChI=1S/C13H13Cl2NO/c14-13(15)8-11(13)7-9-2-1-3-10(6-9)12-4-5-16-17-12/h1-3,5-6,11-12H,4,7-8H2. The minimum Gasteiger partial charge on any atom is -0.388 e. The first-order chi connectivity index (χ1) is 8.15. The van der Waals surface area contributed by atoms with E-state index >= 15 is 0 Å². The zero-order chi connectivity index (χ0) is 11.9. The number of benzene rings is 1. The second-order valence-electron chi connectivity index (χ2n) is 4.73. The molecule has 0 N–H and O–H groups in total. The Morgan fingerprint density at radius 2 is 2.24 bits per heavy atom. The van der Waals surface area contributed by atoms with Gasteiger partial charge in [-0.3, -0.25) is 0 Å². The van der Waals surface area contributed by atoms with Gasteiger partial charge in [0.25, 0.3) is 0 Å². The molecule has 1 heterocycles. The molecule has 1 aromatic carbocycles. The lowest BCUT2D eigenvalue weighted by Crippen LogP contribution is -1.99. The van der Waals surface area contributed by atoms with Gasteiger partial charge >= 0.3 is 0 Å². The van der Waals surface area contributed by atoms with E-state index in [1.54, 1.807) is 6.21 Å². The lowest BCUT2D eigenvalue weighted by molar-refractivity contribution is 0.0857. The van der Waals surface area contributed by atoms with Crippen molar-refractivity contribution in [2.45, 2.75) is 29.7 Å². The van der Waals surface area contributed by atoms with E-state index in [-0.39, 0.29) is 6.10 Å². The maximum Gasteiger partial charge on any atom is 0.157 e. The third kappa shape index (κ3) is 2.43. The maximum atomic E-state index is 6.04. The summed E-state index contributed by atoms with van der Waals surface area (Å²) in [6.07, 6.45) is 4.56. The van der Waals surface area contributed by atoms with Crippen molar-refractivity contribution in [3.63, 3.8) is 0 Å². The molecule has 1 saturated carbocycles. The van der Waals surface area contributed by atoms with Crippen molar-refractivity contribution in [3.05, 3.63) is 35.4 Å². The third-order valence-corrected chi connectivity index (χ3v) is 4.27. The number of hydrogen-bond acceptors (Lipinski definition) is 2. The van der Waals surface area contributed by atoms with Crippen molar-refractivity contribution in [1.29, 1.82) is 0 Å². The molecule has 0 aromatic heterocycles. The Balaban J connectivity index is 1.71. The average molecular weight is 270 g/mol. The zero-order valence-electron chi connectivity index (χ0n) is 9.27. The summed E-state index contributed by atoms with van der Waals surface area (Å²) < 4.78 is -0.497. The Morgan fingerprint density at radius 1 is 1.41 bits per heavy atom. The van der Waals surface area contributed by atoms with Crippen LogP contribution in [0.2, 0.25) is 0 Å². The molecule has 4 heteroatoms. The smallest absolute Gasteiger partial charge is 0.157 e. The highest BCUT2D eigenvalue weighted by Crippen LogP contribution is 2.54. The van der Waals surface area contributed by atoms with Crippen LogP contribution in [0.4, 0.5) is 0 Å². The van der Waals surface area contributed by atoms with E-state index in [1.165, 1.54) is 11.1 Å². The van der Waals surface area contributed by atoms with Gasteiger partial charge in [0, 0.05) is 12.6 Å². The maximum absolute atomic E-state index is 6.04. The number of hydrogen-bond donors (Lipinski definition) is 0. The largest absolute Gasteiger partial charge is 0.388 e. The van der Waals surface area contributed by atoms with Crippen molar-refractivity contribution in [1.82, 2.24) is 0 Å². The molecule has 2 atom stereocenters. The van der Waals surface area contributed by atoms with Crippen LogP contribution in [0, 0.1) is 5.92 Å². The Hall–Kier alpha value is -0.730. The van der Waals surface area contributed by atoms with Crippen molar-refractivity contribution in [2.75, 3.05) is 0 Å². The van der Waals surface area contributed by atoms with Crippen LogP contribution in [0.15, 0.2) is 29.4 Å². The minimum atomic E-state index is -0.497. The molecule has 17 heavy (non-hydrogen) atoms. The van der Waals surface area contributed by atoms with Gasteiger partial charge in [0.05, 0.1) is 0 Å². The Morgan fingerprint density at radius 3 is 2.88 bits per heavy atom. The molecule has 2 unspecified atom stereocenters. The van der Waals surface area contributed by atoms with E-state index in [0.717, 1.165) is 19.3 Å². The van der Waals surface area contributed by atoms with Gasteiger partial charge in [-0.15, -0.1) is 23.2 Å². The van der Waals surface area contributed by atoms with Crippen molar-refractivity contribution >= 4 is 29.4 Å². The van der Waals surface area contributed by atoms with Crippen LogP contribution in [0.1, 0.15) is 30.1 Å². The molecular weight excluding hydrogens is 257 g/mol. The van der Waals surface area contributed by atoms with Gasteiger partial charge in [0.1, 0.15) is 4.33 Å². The monoisotopic (exact) mass is 269 g/mol. The van der Waals surface area contributed by atoms with Crippen LogP contribution in [-0.2, 0) is 11.3 Å². The van der Waals surface area contributed by atoms with Crippen molar-refractivity contribution in [2.24, 2.45) is 11.1 Å². The fourth-order valence-corrected chi connectivity index (χ4v) is 2.72. The van der Waals surface area contributed by atoms with Gasteiger partial charge in [-0.25, -0.2) is 0 Å². The highest BCUT2D eigenvalue weighted by atomic mass is 35.5. The molecule has 1 aliphatic heterocycles. The normalized spacial score (nSPS) is 29.1. The molecule has 3 rings (SSSR count). The molecule has 1 aromatic rings. The molecule has 90 valence electrons. The molecule has 0 amide bonds. The molecule has 0 spiro atoms. The highest BCUT2D eigenvalue weighted by Gasteiger charge is 2.51. The lowest BCUT2D eigenvalue weighted by Gasteiger charge is -2.10. The van der Waals surface area contributed by atoms with Crippen LogP contribution in [0.3, 0.4) is 0 Å². The van der Waals surface area contributed by atoms with Gasteiger partial charge in [-0.05, 0) is 29.9 Å². The molecule has 2 aliphatic rings. The van der Waals surface area contributed by atoms with Gasteiger partial charge in [0.2, 0.25) is 0 Å². The van der Waals surface area contributed by atoms with Gasteiger partial charge < -0.3 is 4.84 Å². The molecule has 0 saturated heterocycles. The lowest BCUT2D eigenvalue weighted by atomic mass is 10.0. The van der Waals surface area contributed by atoms with E-state index < -0.39 is 4.33 Å². The topological polar surface area (TPSA) is 21.6 Å². The fourth-order valence-electron chi connectivity index (χ4n) is 2.19. The van der Waals surface area contributed by atoms with Crippen LogP contribution in [0.5, 0.6) is 0 Å². The zero-order valence-corrected chi connectivity index (χ0v) is 10.8. The number of alkyl halides is 2. The first kappa shape index (κ1) is 11.4. The summed E-state index contributed by atoms with van der Waals surface area (Å²) in [6.45, 7) is 0. The highest BCUT2D eigenvalue weighted by molar-refractivity contribution is 6.50. The predicted molar refractivity (Wildman–Crippen MR) is 69.6 cm³/mol. The summed E-state index contributed by atoms with van der Waals surface area (Å²) >= 11 is 12.1. The van der Waals surface area contributed by atoms with E-state index in [1.807, 2.05) is 0 Å². The first-order valence-corrected chi connectivity index (χ1v) is 6.55. The number of oxime groups is 1. The van der Waals surface area contributed by atoms with Gasteiger partial charge in [-0.1, -0.05) is 29.4 Å². The molecule has 0 radical (unpaired) electrons. The van der Waals surface area contributed by atoms with Gasteiger partial charge in [0.15, 0.2) is 6.10 Å². The van der Waals surface area contributed by atoms with Crippen LogP contribution < -0.4 is 0 Å². The first-order valence-electron chi connectivity index (χ1n) is 5.79. The average Bonchev–Trinajstić information content (AvgIpc) is 2.74. The van der Waals surface area contributed by atoms with Crippen LogP contribution in [0.25, 0.3) is 0 Å². The summed E-state index contributed by atoms with van der Waals surface area (Å²) in [7, 11) is 0. The van der Waals surface area contributed by atoms with E-state index in [0.29, 0.717) is 5.92 Å². The van der Waals surface area contributed by atoms with Crippen LogP contribution in [-0.4, -0.2) is 10.5 Å². The number of nitrogens with zero attached hydrogens (tertiary/aromatic N) is 1. The van der Waals surface area contributed by atoms with E-state index in [4.69, 9.17) is 28.0 Å². The van der Waals surface area contributed by atoms with Crippen molar-refractivity contribution < 1.29 is 4.84 Å². The second kappa shape index (κ2) is 4.18. The molecular formula is C13H13Cl2NO. The quantitative estimate of drug-likeness (QED) is 0.764. The SMILES string of the molecule is ClC1(Cl)CC1Cc1cccc(C2CC=NO2)c1. The second-order valence-corrected chi connectivity index (χ2v) is 6.27. The summed E-state index contributed by atoms with van der Waals surface area (Å²) in [5.41, 5.74) is 2.45.